The average Bonchev–Trinajstić information content (AvgIpc) is 1.99. The monoisotopic (exact) mass is 214 g/mol. The van der Waals surface area contributed by atoms with Gasteiger partial charge in [-0.15, -0.1) is 0 Å². The van der Waals surface area contributed by atoms with Crippen molar-refractivity contribution in [2.24, 2.45) is 5.73 Å². The maximum absolute atomic E-state index is 11.5. The molecule has 0 spiro atoms. The molecule has 0 rings (SSSR count). The highest BCUT2D eigenvalue weighted by Gasteiger charge is 2.29. The van der Waals surface area contributed by atoms with Crippen LogP contribution in [0.25, 0.3) is 0 Å². The van der Waals surface area contributed by atoms with E-state index in [1.54, 1.807) is 0 Å². The molecule has 0 radical (unpaired) electrons. The molecule has 0 aromatic carbocycles. The third-order valence-electron chi connectivity index (χ3n) is 1.13. The molecular weight excluding hydrogens is 205 g/mol. The minimum Gasteiger partial charge on any atom is -0.440 e. The molecule has 0 aliphatic carbocycles. The van der Waals surface area contributed by atoms with Crippen molar-refractivity contribution >= 4 is 12.0 Å². The predicted octanol–water partition coefficient (Wildman–Crippen LogP) is 0.149. The first kappa shape index (κ1) is 12.5. The lowest BCUT2D eigenvalue weighted by Crippen LogP contribution is -2.43. The van der Waals surface area contributed by atoms with Crippen LogP contribution in [0.1, 0.15) is 6.92 Å². The largest absolute Gasteiger partial charge is 0.440 e. The van der Waals surface area contributed by atoms with Crippen molar-refractivity contribution < 1.29 is 27.5 Å². The molecule has 0 bridgehead atoms. The van der Waals surface area contributed by atoms with Crippen LogP contribution in [0.15, 0.2) is 0 Å². The van der Waals surface area contributed by atoms with Gasteiger partial charge in [0.25, 0.3) is 0 Å². The smallest absolute Gasteiger partial charge is 0.422 e. The molecule has 0 saturated heterocycles. The number of rotatable bonds is 3. The number of primary amides is 1. The van der Waals surface area contributed by atoms with Crippen molar-refractivity contribution in [3.8, 4) is 0 Å². The zero-order valence-corrected chi connectivity index (χ0v) is 7.22. The highest BCUT2D eigenvalue weighted by atomic mass is 19.4. The van der Waals surface area contributed by atoms with Crippen LogP contribution in [0.4, 0.5) is 18.0 Å². The van der Waals surface area contributed by atoms with Crippen LogP contribution in [-0.4, -0.2) is 30.8 Å². The molecule has 0 aromatic rings. The summed E-state index contributed by atoms with van der Waals surface area (Å²) in [5, 5.41) is 1.82. The second-order valence-corrected chi connectivity index (χ2v) is 2.46. The molecule has 0 fully saturated rings. The van der Waals surface area contributed by atoms with Crippen LogP contribution in [0.3, 0.4) is 0 Å². The number of alkyl halides is 3. The first-order valence-corrected chi connectivity index (χ1v) is 3.51. The lowest BCUT2D eigenvalue weighted by atomic mass is 10.3. The molecule has 1 atom stereocenters. The second-order valence-electron chi connectivity index (χ2n) is 2.46. The molecule has 8 heteroatoms. The summed E-state index contributed by atoms with van der Waals surface area (Å²) >= 11 is 0. The zero-order valence-electron chi connectivity index (χ0n) is 7.22. The van der Waals surface area contributed by atoms with Gasteiger partial charge in [-0.1, -0.05) is 0 Å². The summed E-state index contributed by atoms with van der Waals surface area (Å²) in [6.07, 6.45) is -5.93. The zero-order chi connectivity index (χ0) is 11.4. The quantitative estimate of drug-likeness (QED) is 0.701. The summed E-state index contributed by atoms with van der Waals surface area (Å²) in [6.45, 7) is -0.485. The SMILES string of the molecule is CC(NC(=O)OCC(F)(F)F)C(N)=O. The van der Waals surface area contributed by atoms with Crippen molar-refractivity contribution in [2.45, 2.75) is 19.1 Å². The normalized spacial score (nSPS) is 13.1. The number of alkyl carbamates (subject to hydrolysis) is 1. The van der Waals surface area contributed by atoms with Crippen LogP contribution in [0, 0.1) is 0 Å². The fraction of sp³-hybridized carbons (Fsp3) is 0.667. The van der Waals surface area contributed by atoms with E-state index in [1.165, 1.54) is 6.92 Å². The average molecular weight is 214 g/mol. The molecule has 5 nitrogen and oxygen atoms in total. The standard InChI is InChI=1S/C6H9F3N2O3/c1-3(4(10)12)11-5(13)14-2-6(7,8)9/h3H,2H2,1H3,(H2,10,12)(H,11,13). The van der Waals surface area contributed by atoms with Crippen LogP contribution in [0.5, 0.6) is 0 Å². The summed E-state index contributed by atoms with van der Waals surface area (Å²) in [7, 11) is 0. The van der Waals surface area contributed by atoms with Gasteiger partial charge < -0.3 is 15.8 Å². The number of halogens is 3. The minimum absolute atomic E-state index is 0.867. The fourth-order valence-electron chi connectivity index (χ4n) is 0.437. The van der Waals surface area contributed by atoms with E-state index in [9.17, 15) is 22.8 Å². The maximum Gasteiger partial charge on any atom is 0.422 e. The van der Waals surface area contributed by atoms with E-state index in [0.29, 0.717) is 0 Å². The van der Waals surface area contributed by atoms with Gasteiger partial charge in [-0.3, -0.25) is 4.79 Å². The Morgan fingerprint density at radius 2 is 2.00 bits per heavy atom. The van der Waals surface area contributed by atoms with Gasteiger partial charge in [-0.2, -0.15) is 13.2 Å². The van der Waals surface area contributed by atoms with Crippen molar-refractivity contribution in [1.29, 1.82) is 0 Å². The van der Waals surface area contributed by atoms with Gasteiger partial charge in [0.15, 0.2) is 6.61 Å². The number of carbonyl (C=O) groups is 2. The first-order chi connectivity index (χ1) is 6.22. The van der Waals surface area contributed by atoms with E-state index >= 15 is 0 Å². The lowest BCUT2D eigenvalue weighted by molar-refractivity contribution is -0.160. The Hall–Kier alpha value is -1.47. The summed E-state index contributed by atoms with van der Waals surface area (Å²) in [6, 6.07) is -1.07. The third-order valence-corrected chi connectivity index (χ3v) is 1.13. The highest BCUT2D eigenvalue weighted by Crippen LogP contribution is 2.14. The van der Waals surface area contributed by atoms with Crippen molar-refractivity contribution in [1.82, 2.24) is 5.32 Å². The van der Waals surface area contributed by atoms with Crippen molar-refractivity contribution in [3.63, 3.8) is 0 Å². The molecule has 82 valence electrons. The Morgan fingerprint density at radius 1 is 1.50 bits per heavy atom. The molecule has 3 N–H and O–H groups in total. The fourth-order valence-corrected chi connectivity index (χ4v) is 0.437. The number of nitrogens with two attached hydrogens (primary N) is 1. The van der Waals surface area contributed by atoms with Crippen molar-refractivity contribution in [3.05, 3.63) is 0 Å². The Balaban J connectivity index is 3.83. The molecule has 0 heterocycles. The van der Waals surface area contributed by atoms with Crippen LogP contribution in [-0.2, 0) is 9.53 Å². The van der Waals surface area contributed by atoms with Gasteiger partial charge in [-0.25, -0.2) is 4.79 Å². The molecule has 0 aliphatic rings. The van der Waals surface area contributed by atoms with Gasteiger partial charge in [0, 0.05) is 0 Å². The Bertz CT molecular complexity index is 229. The van der Waals surface area contributed by atoms with E-state index in [2.05, 4.69) is 4.74 Å². The van der Waals surface area contributed by atoms with E-state index in [0.717, 1.165) is 0 Å². The summed E-state index contributed by atoms with van der Waals surface area (Å²) in [5.74, 6) is -0.867. The van der Waals surface area contributed by atoms with Crippen LogP contribution in [0.2, 0.25) is 0 Å². The van der Waals surface area contributed by atoms with Gasteiger partial charge in [0.2, 0.25) is 5.91 Å². The van der Waals surface area contributed by atoms with Gasteiger partial charge in [-0.05, 0) is 6.92 Å². The Labute approximate surface area is 77.4 Å². The van der Waals surface area contributed by atoms with Crippen molar-refractivity contribution in [2.75, 3.05) is 6.61 Å². The van der Waals surface area contributed by atoms with Crippen LogP contribution >= 0.6 is 0 Å². The maximum atomic E-state index is 11.5. The summed E-state index contributed by atoms with van der Waals surface area (Å²) in [4.78, 5) is 20.9. The van der Waals surface area contributed by atoms with E-state index < -0.39 is 30.8 Å². The topological polar surface area (TPSA) is 81.4 Å². The third kappa shape index (κ3) is 6.09. The predicted molar refractivity (Wildman–Crippen MR) is 39.2 cm³/mol. The number of hydrogen-bond acceptors (Lipinski definition) is 3. The first-order valence-electron chi connectivity index (χ1n) is 3.51. The summed E-state index contributed by atoms with van der Waals surface area (Å²) < 4.78 is 38.3. The lowest BCUT2D eigenvalue weighted by Gasteiger charge is -2.11. The molecule has 14 heavy (non-hydrogen) atoms. The second kappa shape index (κ2) is 4.68. The Kier molecular flexibility index (Phi) is 4.19. The minimum atomic E-state index is -4.59. The van der Waals surface area contributed by atoms with Gasteiger partial charge in [0.05, 0.1) is 0 Å². The van der Waals surface area contributed by atoms with Gasteiger partial charge in [0.1, 0.15) is 6.04 Å². The van der Waals surface area contributed by atoms with Crippen LogP contribution < -0.4 is 11.1 Å². The number of amides is 2. The molecule has 1 unspecified atom stereocenters. The molecule has 2 amide bonds. The number of nitrogens with one attached hydrogen (secondary N) is 1. The van der Waals surface area contributed by atoms with E-state index in [1.807, 2.05) is 5.32 Å². The Morgan fingerprint density at radius 3 is 2.36 bits per heavy atom. The van der Waals surface area contributed by atoms with E-state index in [4.69, 9.17) is 5.73 Å². The molecular formula is C6H9F3N2O3. The number of ether oxygens (including phenoxy) is 1. The summed E-state index contributed by atoms with van der Waals surface area (Å²) in [5.41, 5.74) is 4.73. The van der Waals surface area contributed by atoms with Gasteiger partial charge >= 0.3 is 12.3 Å². The molecule has 0 aliphatic heterocycles. The number of carbonyl (C=O) groups excluding carboxylic acids is 2. The number of hydrogen-bond donors (Lipinski definition) is 2. The molecule has 0 saturated carbocycles. The molecule has 0 aromatic heterocycles. The van der Waals surface area contributed by atoms with E-state index in [-0.39, 0.29) is 0 Å². The highest BCUT2D eigenvalue weighted by molar-refractivity contribution is 5.83.